The molecule has 0 saturated carbocycles. The molecule has 0 fully saturated rings. The number of hydrogen-bond donors (Lipinski definition) is 1. The number of halogens is 2. The van der Waals surface area contributed by atoms with Crippen LogP contribution in [0.5, 0.6) is 0 Å². The highest BCUT2D eigenvalue weighted by Crippen LogP contribution is 2.21. The molecule has 1 unspecified atom stereocenters. The average molecular weight is 414 g/mol. The third-order valence-electron chi connectivity index (χ3n) is 3.99. The van der Waals surface area contributed by atoms with Crippen molar-refractivity contribution in [3.63, 3.8) is 0 Å². The minimum absolute atomic E-state index is 0.289. The van der Waals surface area contributed by atoms with Gasteiger partial charge in [0.05, 0.1) is 0 Å². The van der Waals surface area contributed by atoms with Gasteiger partial charge in [0.2, 0.25) is 0 Å². The first kappa shape index (κ1) is 20.1. The quantitative estimate of drug-likeness (QED) is 0.419. The predicted molar refractivity (Wildman–Crippen MR) is 111 cm³/mol. The first-order chi connectivity index (χ1) is 13.5. The number of thioether (sulfide) groups is 1. The highest BCUT2D eigenvalue weighted by Gasteiger charge is 2.23. The molecular weight excluding hydrogens is 397 g/mol. The summed E-state index contributed by atoms with van der Waals surface area (Å²) in [6.45, 7) is 0. The lowest BCUT2D eigenvalue weighted by atomic mass is 10.1. The number of rotatable bonds is 7. The fraction of sp³-hybridized carbons (Fsp3) is 0.0909. The van der Waals surface area contributed by atoms with E-state index < -0.39 is 11.2 Å². The average Bonchev–Trinajstić information content (AvgIpc) is 2.72. The van der Waals surface area contributed by atoms with Crippen molar-refractivity contribution in [3.05, 3.63) is 106 Å². The van der Waals surface area contributed by atoms with Gasteiger partial charge in [0.25, 0.3) is 5.91 Å². The van der Waals surface area contributed by atoms with Crippen LogP contribution in [0.15, 0.2) is 78.9 Å². The van der Waals surface area contributed by atoms with Crippen LogP contribution >= 0.6 is 23.4 Å². The SMILES string of the molecule is O=C(NC(SCc1ccccc1)C(=O)c1ccc(F)cc1)c1ccc(Cl)cc1. The van der Waals surface area contributed by atoms with Crippen molar-refractivity contribution in [2.45, 2.75) is 11.1 Å². The topological polar surface area (TPSA) is 46.2 Å². The van der Waals surface area contributed by atoms with Crippen LogP contribution < -0.4 is 5.32 Å². The van der Waals surface area contributed by atoms with Gasteiger partial charge in [-0.25, -0.2) is 4.39 Å². The second-order valence-corrected chi connectivity index (χ2v) is 7.56. The van der Waals surface area contributed by atoms with E-state index in [1.165, 1.54) is 36.0 Å². The fourth-order valence-corrected chi connectivity index (χ4v) is 3.66. The minimum atomic E-state index is -0.811. The zero-order valence-electron chi connectivity index (χ0n) is 14.8. The Morgan fingerprint density at radius 3 is 2.14 bits per heavy atom. The summed E-state index contributed by atoms with van der Waals surface area (Å²) in [7, 11) is 0. The molecule has 0 aliphatic rings. The molecule has 3 rings (SSSR count). The number of amides is 1. The first-order valence-electron chi connectivity index (χ1n) is 8.54. The second kappa shape index (κ2) is 9.53. The summed E-state index contributed by atoms with van der Waals surface area (Å²) >= 11 is 7.17. The van der Waals surface area contributed by atoms with E-state index in [0.717, 1.165) is 5.56 Å². The minimum Gasteiger partial charge on any atom is -0.333 e. The van der Waals surface area contributed by atoms with Gasteiger partial charge in [0.1, 0.15) is 11.2 Å². The normalized spacial score (nSPS) is 11.6. The van der Waals surface area contributed by atoms with Crippen LogP contribution in [-0.4, -0.2) is 17.1 Å². The fourth-order valence-electron chi connectivity index (χ4n) is 2.51. The Hall–Kier alpha value is -2.63. The summed E-state index contributed by atoms with van der Waals surface area (Å²) in [5, 5.41) is 2.48. The van der Waals surface area contributed by atoms with Crippen LogP contribution in [0, 0.1) is 5.82 Å². The third-order valence-corrected chi connectivity index (χ3v) is 5.41. The highest BCUT2D eigenvalue weighted by atomic mass is 35.5. The number of Topliss-reactive ketones (excluding diaryl/α,β-unsaturated/α-hetero) is 1. The molecule has 0 aliphatic heterocycles. The zero-order valence-corrected chi connectivity index (χ0v) is 16.3. The van der Waals surface area contributed by atoms with Gasteiger partial charge < -0.3 is 5.32 Å². The molecule has 0 saturated heterocycles. The van der Waals surface area contributed by atoms with Gasteiger partial charge in [-0.2, -0.15) is 0 Å². The number of carbonyl (C=O) groups is 2. The maximum atomic E-state index is 13.2. The third kappa shape index (κ3) is 5.44. The molecule has 1 N–H and O–H groups in total. The monoisotopic (exact) mass is 413 g/mol. The Morgan fingerprint density at radius 1 is 0.893 bits per heavy atom. The molecule has 6 heteroatoms. The molecule has 3 nitrogen and oxygen atoms in total. The molecule has 28 heavy (non-hydrogen) atoms. The smallest absolute Gasteiger partial charge is 0.252 e. The summed E-state index contributed by atoms with van der Waals surface area (Å²) in [6, 6.07) is 21.4. The molecule has 3 aromatic carbocycles. The number of ketones is 1. The van der Waals surface area contributed by atoms with E-state index in [1.54, 1.807) is 24.3 Å². The van der Waals surface area contributed by atoms with Crippen molar-refractivity contribution in [1.29, 1.82) is 0 Å². The van der Waals surface area contributed by atoms with Crippen LogP contribution in [-0.2, 0) is 5.75 Å². The van der Waals surface area contributed by atoms with E-state index in [0.29, 0.717) is 21.9 Å². The standard InChI is InChI=1S/C22H17ClFNO2S/c23-18-10-6-17(7-11-18)21(27)25-22(28-14-15-4-2-1-3-5-15)20(26)16-8-12-19(24)13-9-16/h1-13,22H,14H2,(H,25,27). The number of carbonyl (C=O) groups excluding carboxylic acids is 2. The van der Waals surface area contributed by atoms with Crippen molar-refractivity contribution in [3.8, 4) is 0 Å². The molecule has 0 radical (unpaired) electrons. The van der Waals surface area contributed by atoms with E-state index in [-0.39, 0.29) is 11.7 Å². The second-order valence-electron chi connectivity index (χ2n) is 6.03. The Morgan fingerprint density at radius 2 is 1.50 bits per heavy atom. The van der Waals surface area contributed by atoms with Gasteiger partial charge in [-0.15, -0.1) is 11.8 Å². The molecule has 142 valence electrons. The van der Waals surface area contributed by atoms with E-state index in [2.05, 4.69) is 5.32 Å². The lowest BCUT2D eigenvalue weighted by molar-refractivity contribution is 0.0892. The summed E-state index contributed by atoms with van der Waals surface area (Å²) in [4.78, 5) is 25.5. The van der Waals surface area contributed by atoms with Crippen LogP contribution in [0.2, 0.25) is 5.02 Å². The molecule has 3 aromatic rings. The molecule has 0 heterocycles. The van der Waals surface area contributed by atoms with Gasteiger partial charge in [-0.05, 0) is 54.1 Å². The molecule has 0 aromatic heterocycles. The molecular formula is C22H17ClFNO2S. The van der Waals surface area contributed by atoms with E-state index >= 15 is 0 Å². The Balaban J connectivity index is 1.78. The van der Waals surface area contributed by atoms with Crippen molar-refractivity contribution in [2.24, 2.45) is 0 Å². The summed E-state index contributed by atoms with van der Waals surface area (Å²) < 4.78 is 13.2. The lowest BCUT2D eigenvalue weighted by Gasteiger charge is -2.18. The summed E-state index contributed by atoms with van der Waals surface area (Å²) in [5.41, 5.74) is 1.77. The first-order valence-corrected chi connectivity index (χ1v) is 9.97. The molecule has 1 amide bonds. The molecule has 1 atom stereocenters. The van der Waals surface area contributed by atoms with Crippen LogP contribution in [0.1, 0.15) is 26.3 Å². The van der Waals surface area contributed by atoms with E-state index in [9.17, 15) is 14.0 Å². The van der Waals surface area contributed by atoms with Gasteiger partial charge in [0.15, 0.2) is 5.78 Å². The van der Waals surface area contributed by atoms with Crippen LogP contribution in [0.3, 0.4) is 0 Å². The van der Waals surface area contributed by atoms with Gasteiger partial charge in [0, 0.05) is 21.9 Å². The van der Waals surface area contributed by atoms with Crippen molar-refractivity contribution in [1.82, 2.24) is 5.32 Å². The molecule has 0 spiro atoms. The van der Waals surface area contributed by atoms with Crippen molar-refractivity contribution in [2.75, 3.05) is 0 Å². The number of nitrogens with one attached hydrogen (secondary N) is 1. The predicted octanol–water partition coefficient (Wildman–Crippen LogP) is 5.35. The summed E-state index contributed by atoms with van der Waals surface area (Å²) in [6.07, 6.45) is 0. The van der Waals surface area contributed by atoms with Crippen LogP contribution in [0.25, 0.3) is 0 Å². The Kier molecular flexibility index (Phi) is 6.85. The van der Waals surface area contributed by atoms with Gasteiger partial charge >= 0.3 is 0 Å². The van der Waals surface area contributed by atoms with E-state index in [1.807, 2.05) is 30.3 Å². The van der Waals surface area contributed by atoms with E-state index in [4.69, 9.17) is 11.6 Å². The molecule has 0 bridgehead atoms. The zero-order chi connectivity index (χ0) is 19.9. The number of hydrogen-bond acceptors (Lipinski definition) is 3. The lowest BCUT2D eigenvalue weighted by Crippen LogP contribution is -2.38. The Labute approximate surface area is 171 Å². The Bertz CT molecular complexity index is 947. The highest BCUT2D eigenvalue weighted by molar-refractivity contribution is 7.99. The van der Waals surface area contributed by atoms with Crippen molar-refractivity contribution >= 4 is 35.1 Å². The van der Waals surface area contributed by atoms with Gasteiger partial charge in [-0.3, -0.25) is 9.59 Å². The molecule has 0 aliphatic carbocycles. The number of benzene rings is 3. The van der Waals surface area contributed by atoms with Crippen molar-refractivity contribution < 1.29 is 14.0 Å². The van der Waals surface area contributed by atoms with Crippen LogP contribution in [0.4, 0.5) is 4.39 Å². The maximum absolute atomic E-state index is 13.2. The maximum Gasteiger partial charge on any atom is 0.252 e. The summed E-state index contributed by atoms with van der Waals surface area (Å²) in [5.74, 6) is -0.546. The largest absolute Gasteiger partial charge is 0.333 e. The van der Waals surface area contributed by atoms with Gasteiger partial charge in [-0.1, -0.05) is 41.9 Å².